The van der Waals surface area contributed by atoms with E-state index in [2.05, 4.69) is 39.6 Å². The zero-order valence-electron chi connectivity index (χ0n) is 17.8. The van der Waals surface area contributed by atoms with Gasteiger partial charge in [0.1, 0.15) is 0 Å². The third-order valence-electron chi connectivity index (χ3n) is 4.91. The average Bonchev–Trinajstić information content (AvgIpc) is 3.27. The fraction of sp³-hybridized carbons (Fsp3) is 0.125. The van der Waals surface area contributed by atoms with Crippen LogP contribution in [0.3, 0.4) is 0 Å². The third kappa shape index (κ3) is 5.27. The first-order chi connectivity index (χ1) is 16.0. The van der Waals surface area contributed by atoms with Gasteiger partial charge in [-0.25, -0.2) is 0 Å². The maximum Gasteiger partial charge on any atom is 0.234 e. The lowest BCUT2D eigenvalue weighted by Crippen LogP contribution is -2.22. The van der Waals surface area contributed by atoms with Crippen molar-refractivity contribution in [2.24, 2.45) is 0 Å². The van der Waals surface area contributed by atoms with Crippen molar-refractivity contribution in [3.8, 4) is 17.1 Å². The summed E-state index contributed by atoms with van der Waals surface area (Å²) < 4.78 is 1.92. The first-order valence-corrected chi connectivity index (χ1v) is 11.2. The lowest BCUT2D eigenvalue weighted by atomic mass is 10.1. The molecule has 0 aliphatic carbocycles. The molecule has 0 radical (unpaired) electrons. The highest BCUT2D eigenvalue weighted by Crippen LogP contribution is 2.28. The third-order valence-corrected chi connectivity index (χ3v) is 5.84. The van der Waals surface area contributed by atoms with Gasteiger partial charge in [0.05, 0.1) is 11.7 Å². The number of amides is 1. The molecule has 2 aromatic heterocycles. The molecule has 8 nitrogen and oxygen atoms in total. The van der Waals surface area contributed by atoms with Gasteiger partial charge in [-0.2, -0.15) is 0 Å². The monoisotopic (exact) mass is 458 g/mol. The number of carboxylic acids is 1. The molecule has 1 N–H and O–H groups in total. The zero-order valence-corrected chi connectivity index (χ0v) is 18.6. The van der Waals surface area contributed by atoms with Gasteiger partial charge in [0.2, 0.25) is 5.91 Å². The number of pyridine rings is 1. The van der Waals surface area contributed by atoms with Crippen LogP contribution in [0.5, 0.6) is 0 Å². The van der Waals surface area contributed by atoms with E-state index in [-0.39, 0.29) is 17.2 Å². The van der Waals surface area contributed by atoms with Crippen LogP contribution < -0.4 is 10.4 Å². The van der Waals surface area contributed by atoms with Gasteiger partial charge in [0.15, 0.2) is 11.0 Å². The summed E-state index contributed by atoms with van der Waals surface area (Å²) >= 11 is 1.26. The van der Waals surface area contributed by atoms with Crippen molar-refractivity contribution in [2.45, 2.75) is 18.5 Å². The lowest BCUT2D eigenvalue weighted by molar-refractivity contribution is -0.255. The fourth-order valence-electron chi connectivity index (χ4n) is 3.18. The standard InChI is InChI=1S/C24H21N5O3S/c1-2-16-3-9-20(10-4-16)29-22(17-11-13-25-14-12-17)27-28-24(29)33-15-21(30)26-19-7-5-18(6-8-19)23(31)32/h3-14H,2,15H2,1H3,(H,26,30)(H,31,32)/p-1. The minimum absolute atomic E-state index is 0.0493. The van der Waals surface area contributed by atoms with E-state index in [0.29, 0.717) is 16.7 Å². The van der Waals surface area contributed by atoms with E-state index >= 15 is 0 Å². The van der Waals surface area contributed by atoms with Crippen LogP contribution in [0.25, 0.3) is 17.1 Å². The molecular weight excluding hydrogens is 438 g/mol. The Morgan fingerprint density at radius 3 is 2.30 bits per heavy atom. The predicted molar refractivity (Wildman–Crippen MR) is 124 cm³/mol. The number of hydrogen-bond donors (Lipinski definition) is 1. The number of rotatable bonds is 8. The van der Waals surface area contributed by atoms with Crippen LogP contribution in [0.15, 0.2) is 78.2 Å². The Labute approximate surface area is 194 Å². The van der Waals surface area contributed by atoms with E-state index in [4.69, 9.17) is 0 Å². The number of aromatic carboxylic acids is 1. The SMILES string of the molecule is CCc1ccc(-n2c(SCC(=O)Nc3ccc(C(=O)[O-])cc3)nnc2-c2ccncc2)cc1. The molecule has 0 saturated carbocycles. The molecule has 0 atom stereocenters. The minimum Gasteiger partial charge on any atom is -0.545 e. The Balaban J connectivity index is 1.55. The molecule has 4 rings (SSSR count). The van der Waals surface area contributed by atoms with Crippen LogP contribution >= 0.6 is 11.8 Å². The van der Waals surface area contributed by atoms with Crippen LogP contribution in [0.4, 0.5) is 5.69 Å². The number of aryl methyl sites for hydroxylation is 1. The molecule has 2 aromatic carbocycles. The quantitative estimate of drug-likeness (QED) is 0.404. The van der Waals surface area contributed by atoms with Crippen LogP contribution in [0, 0.1) is 0 Å². The highest BCUT2D eigenvalue weighted by atomic mass is 32.2. The molecule has 0 bridgehead atoms. The maximum atomic E-state index is 12.5. The Kier molecular flexibility index (Phi) is 6.80. The number of thioether (sulfide) groups is 1. The Morgan fingerprint density at radius 1 is 0.970 bits per heavy atom. The first kappa shape index (κ1) is 22.2. The summed E-state index contributed by atoms with van der Waals surface area (Å²) in [6.45, 7) is 2.10. The van der Waals surface area contributed by atoms with Gasteiger partial charge in [-0.15, -0.1) is 10.2 Å². The van der Waals surface area contributed by atoms with Gasteiger partial charge in [0.25, 0.3) is 0 Å². The number of aromatic nitrogens is 4. The smallest absolute Gasteiger partial charge is 0.234 e. The normalized spacial score (nSPS) is 10.7. The molecule has 0 aliphatic rings. The van der Waals surface area contributed by atoms with E-state index in [1.165, 1.54) is 41.6 Å². The second kappa shape index (κ2) is 10.1. The second-order valence-corrected chi connectivity index (χ2v) is 8.04. The molecule has 0 fully saturated rings. The lowest BCUT2D eigenvalue weighted by Gasteiger charge is -2.11. The summed E-state index contributed by atoms with van der Waals surface area (Å²) in [7, 11) is 0. The number of carbonyl (C=O) groups is 2. The molecule has 0 spiro atoms. The Hall–Kier alpha value is -3.98. The van der Waals surface area contributed by atoms with E-state index in [0.717, 1.165) is 17.7 Å². The summed E-state index contributed by atoms with van der Waals surface area (Å²) in [4.78, 5) is 27.4. The number of nitrogens with zero attached hydrogens (tertiary/aromatic N) is 4. The van der Waals surface area contributed by atoms with Gasteiger partial charge in [0, 0.05) is 29.3 Å². The number of hydrogen-bond acceptors (Lipinski definition) is 7. The van der Waals surface area contributed by atoms with Crippen molar-refractivity contribution in [3.63, 3.8) is 0 Å². The van der Waals surface area contributed by atoms with Crippen molar-refractivity contribution < 1.29 is 14.7 Å². The maximum absolute atomic E-state index is 12.5. The fourth-order valence-corrected chi connectivity index (χ4v) is 3.93. The summed E-state index contributed by atoms with van der Waals surface area (Å²) in [5.74, 6) is -0.756. The van der Waals surface area contributed by atoms with Crippen molar-refractivity contribution in [3.05, 3.63) is 84.2 Å². The zero-order chi connectivity index (χ0) is 23.2. The molecule has 0 unspecified atom stereocenters. The Morgan fingerprint density at radius 2 is 1.67 bits per heavy atom. The van der Waals surface area contributed by atoms with E-state index in [1.54, 1.807) is 12.4 Å². The number of benzene rings is 2. The van der Waals surface area contributed by atoms with Crippen molar-refractivity contribution in [1.29, 1.82) is 0 Å². The molecular formula is C24H20N5O3S-. The highest BCUT2D eigenvalue weighted by molar-refractivity contribution is 7.99. The van der Waals surface area contributed by atoms with Crippen molar-refractivity contribution >= 4 is 29.3 Å². The molecule has 166 valence electrons. The number of carboxylic acid groups (broad SMARTS) is 1. The molecule has 1 amide bonds. The summed E-state index contributed by atoms with van der Waals surface area (Å²) in [5.41, 5.74) is 3.52. The van der Waals surface area contributed by atoms with Gasteiger partial charge in [-0.3, -0.25) is 14.3 Å². The van der Waals surface area contributed by atoms with E-state index < -0.39 is 5.97 Å². The first-order valence-electron chi connectivity index (χ1n) is 10.2. The summed E-state index contributed by atoms with van der Waals surface area (Å²) in [6, 6.07) is 17.7. The highest BCUT2D eigenvalue weighted by Gasteiger charge is 2.17. The average molecular weight is 459 g/mol. The van der Waals surface area contributed by atoms with Gasteiger partial charge in [-0.05, 0) is 53.9 Å². The van der Waals surface area contributed by atoms with Crippen LogP contribution in [-0.2, 0) is 11.2 Å². The molecule has 0 saturated heterocycles. The van der Waals surface area contributed by atoms with Crippen LogP contribution in [0.2, 0.25) is 0 Å². The second-order valence-electron chi connectivity index (χ2n) is 7.10. The molecule has 33 heavy (non-hydrogen) atoms. The number of nitrogens with one attached hydrogen (secondary N) is 1. The number of carbonyl (C=O) groups excluding carboxylic acids is 2. The largest absolute Gasteiger partial charge is 0.545 e. The summed E-state index contributed by atoms with van der Waals surface area (Å²) in [5, 5.41) is 22.9. The van der Waals surface area contributed by atoms with Crippen LogP contribution in [0.1, 0.15) is 22.8 Å². The van der Waals surface area contributed by atoms with Crippen molar-refractivity contribution in [2.75, 3.05) is 11.1 Å². The predicted octanol–water partition coefficient (Wildman–Crippen LogP) is 2.99. The Bertz CT molecular complexity index is 1260. The molecule has 9 heteroatoms. The number of anilines is 1. The molecule has 4 aromatic rings. The van der Waals surface area contributed by atoms with Crippen molar-refractivity contribution in [1.82, 2.24) is 19.7 Å². The molecule has 2 heterocycles. The van der Waals surface area contributed by atoms with Crippen LogP contribution in [-0.4, -0.2) is 37.4 Å². The van der Waals surface area contributed by atoms with E-state index in [1.807, 2.05) is 28.8 Å². The van der Waals surface area contributed by atoms with Gasteiger partial charge in [-0.1, -0.05) is 43.0 Å². The summed E-state index contributed by atoms with van der Waals surface area (Å²) in [6.07, 6.45) is 4.33. The van der Waals surface area contributed by atoms with E-state index in [9.17, 15) is 14.7 Å². The molecule has 0 aliphatic heterocycles. The topological polar surface area (TPSA) is 113 Å². The van der Waals surface area contributed by atoms with Gasteiger partial charge < -0.3 is 15.2 Å². The minimum atomic E-state index is -1.26. The van der Waals surface area contributed by atoms with Gasteiger partial charge >= 0.3 is 0 Å².